The summed E-state index contributed by atoms with van der Waals surface area (Å²) >= 11 is 16.5. The number of benzene rings is 1. The molecule has 0 aliphatic heterocycles. The van der Waals surface area contributed by atoms with Crippen molar-refractivity contribution in [3.8, 4) is 5.69 Å². The lowest BCUT2D eigenvalue weighted by Crippen LogP contribution is -2.19. The molecule has 1 heterocycles. The molecule has 0 aliphatic rings. The van der Waals surface area contributed by atoms with Crippen LogP contribution in [-0.2, 0) is 18.5 Å². The second-order valence-corrected chi connectivity index (χ2v) is 6.33. The molecule has 0 bridgehead atoms. The molecule has 0 spiro atoms. The highest BCUT2D eigenvalue weighted by atomic mass is 35.5. The predicted octanol–water partition coefficient (Wildman–Crippen LogP) is 6.59. The van der Waals surface area contributed by atoms with Crippen LogP contribution in [-0.4, -0.2) is 20.9 Å². The van der Waals surface area contributed by atoms with Gasteiger partial charge in [-0.3, -0.25) is 0 Å². The summed E-state index contributed by atoms with van der Waals surface area (Å²) in [7, 11) is 0. The SMILES string of the molecule is O=C(O)c1c(C(F)(F)F)nn(-c2c(Cl)cc(C(F)(F)F)c(Cl)c2Cl)c1C(F)(F)F. The molecule has 2 aromatic rings. The number of nitrogens with zero attached hydrogens (tertiary/aromatic N) is 2. The molecule has 1 aromatic carbocycles. The number of hydrogen-bond acceptors (Lipinski definition) is 2. The minimum Gasteiger partial charge on any atom is -0.478 e. The van der Waals surface area contributed by atoms with Crippen LogP contribution in [0.4, 0.5) is 39.5 Å². The maximum atomic E-state index is 13.4. The van der Waals surface area contributed by atoms with Crippen LogP contribution in [0.25, 0.3) is 5.69 Å². The quantitative estimate of drug-likeness (QED) is 0.378. The number of hydrogen-bond donors (Lipinski definition) is 1. The monoisotopic (exact) mass is 494 g/mol. The number of aromatic carboxylic acids is 1. The Bertz CT molecular complexity index is 994. The lowest BCUT2D eigenvalue weighted by Gasteiger charge is -2.17. The maximum Gasteiger partial charge on any atom is 0.436 e. The molecule has 160 valence electrons. The largest absolute Gasteiger partial charge is 0.478 e. The van der Waals surface area contributed by atoms with Gasteiger partial charge < -0.3 is 5.11 Å². The molecule has 0 radical (unpaired) electrons. The topological polar surface area (TPSA) is 55.1 Å². The van der Waals surface area contributed by atoms with E-state index in [1.807, 2.05) is 0 Å². The Balaban J connectivity index is 3.04. The summed E-state index contributed by atoms with van der Waals surface area (Å²) in [5.74, 6) is -2.65. The van der Waals surface area contributed by atoms with Crippen LogP contribution in [0.3, 0.4) is 0 Å². The average Bonchev–Trinajstić information content (AvgIpc) is 2.90. The minimum absolute atomic E-state index is 0.0145. The van der Waals surface area contributed by atoms with Gasteiger partial charge in [0, 0.05) is 0 Å². The van der Waals surface area contributed by atoms with E-state index in [0.717, 1.165) is 0 Å². The van der Waals surface area contributed by atoms with Gasteiger partial charge in [0.1, 0.15) is 11.3 Å². The molecule has 0 atom stereocenters. The zero-order chi connectivity index (χ0) is 22.7. The number of carboxylic acid groups (broad SMARTS) is 1. The molecule has 0 unspecified atom stereocenters. The first-order valence-corrected chi connectivity index (χ1v) is 7.78. The van der Waals surface area contributed by atoms with Crippen LogP contribution >= 0.6 is 34.8 Å². The molecule has 29 heavy (non-hydrogen) atoms. The molecular weight excluding hydrogens is 493 g/mol. The third kappa shape index (κ3) is 4.21. The Morgan fingerprint density at radius 3 is 1.79 bits per heavy atom. The van der Waals surface area contributed by atoms with E-state index in [0.29, 0.717) is 0 Å². The van der Waals surface area contributed by atoms with E-state index in [4.69, 9.17) is 39.9 Å². The Labute approximate surface area is 168 Å². The highest BCUT2D eigenvalue weighted by Gasteiger charge is 2.50. The van der Waals surface area contributed by atoms with Gasteiger partial charge in [-0.2, -0.15) is 44.6 Å². The Morgan fingerprint density at radius 2 is 1.41 bits per heavy atom. The Morgan fingerprint density at radius 1 is 0.897 bits per heavy atom. The summed E-state index contributed by atoms with van der Waals surface area (Å²) in [5, 5.41) is 7.53. The molecule has 0 amide bonds. The zero-order valence-corrected chi connectivity index (χ0v) is 15.1. The molecule has 0 saturated carbocycles. The number of rotatable bonds is 2. The molecule has 2 rings (SSSR count). The van der Waals surface area contributed by atoms with Crippen molar-refractivity contribution < 1.29 is 49.4 Å². The van der Waals surface area contributed by atoms with Crippen molar-refractivity contribution >= 4 is 40.8 Å². The molecular formula is C13H2Cl3F9N2O2. The third-order valence-corrected chi connectivity index (χ3v) is 4.43. The summed E-state index contributed by atoms with van der Waals surface area (Å²) in [6.07, 6.45) is -16.6. The van der Waals surface area contributed by atoms with Gasteiger partial charge in [0.25, 0.3) is 0 Å². The van der Waals surface area contributed by atoms with Crippen molar-refractivity contribution in [3.63, 3.8) is 0 Å². The van der Waals surface area contributed by atoms with Gasteiger partial charge >= 0.3 is 24.5 Å². The van der Waals surface area contributed by atoms with Crippen molar-refractivity contribution in [2.75, 3.05) is 0 Å². The van der Waals surface area contributed by atoms with Crippen molar-refractivity contribution in [1.29, 1.82) is 0 Å². The van der Waals surface area contributed by atoms with Gasteiger partial charge in [-0.25, -0.2) is 9.48 Å². The van der Waals surface area contributed by atoms with Gasteiger partial charge in [-0.15, -0.1) is 0 Å². The molecule has 1 aromatic heterocycles. The third-order valence-electron chi connectivity index (χ3n) is 3.29. The molecule has 0 fully saturated rings. The van der Waals surface area contributed by atoms with Crippen molar-refractivity contribution in [2.45, 2.75) is 18.5 Å². The number of aromatic nitrogens is 2. The van der Waals surface area contributed by atoms with E-state index < -0.39 is 72.5 Å². The lowest BCUT2D eigenvalue weighted by molar-refractivity contribution is -0.144. The number of carbonyl (C=O) groups is 1. The zero-order valence-electron chi connectivity index (χ0n) is 12.9. The first-order chi connectivity index (χ1) is 12.9. The van der Waals surface area contributed by atoms with E-state index in [1.165, 1.54) is 0 Å². The normalized spacial score (nSPS) is 13.1. The maximum absolute atomic E-state index is 13.4. The first-order valence-electron chi connectivity index (χ1n) is 6.64. The van der Waals surface area contributed by atoms with E-state index >= 15 is 0 Å². The number of alkyl halides is 9. The average molecular weight is 496 g/mol. The smallest absolute Gasteiger partial charge is 0.436 e. The number of carboxylic acids is 1. The lowest BCUT2D eigenvalue weighted by atomic mass is 10.1. The van der Waals surface area contributed by atoms with Crippen LogP contribution in [0.15, 0.2) is 6.07 Å². The van der Waals surface area contributed by atoms with E-state index in [-0.39, 0.29) is 6.07 Å². The highest BCUT2D eigenvalue weighted by molar-refractivity contribution is 6.45. The van der Waals surface area contributed by atoms with Gasteiger partial charge in [0.05, 0.1) is 20.6 Å². The molecule has 1 N–H and O–H groups in total. The fraction of sp³-hybridized carbons (Fsp3) is 0.231. The van der Waals surface area contributed by atoms with Gasteiger partial charge in [0.15, 0.2) is 11.4 Å². The van der Waals surface area contributed by atoms with E-state index in [2.05, 4.69) is 5.10 Å². The van der Waals surface area contributed by atoms with Crippen molar-refractivity contribution in [3.05, 3.63) is 43.6 Å². The fourth-order valence-electron chi connectivity index (χ4n) is 2.23. The standard InChI is InChI=1S/C13H2Cl3F9N2O2/c14-3-1-2(11(17,18)19)5(15)6(16)7(3)27-9(13(23,24)25)4(10(28)29)8(26-27)12(20,21)22/h1H,(H,28,29). The van der Waals surface area contributed by atoms with E-state index in [1.54, 1.807) is 0 Å². The first kappa shape index (κ1) is 23.4. The van der Waals surface area contributed by atoms with E-state index in [9.17, 15) is 44.3 Å². The van der Waals surface area contributed by atoms with Crippen LogP contribution in [0.1, 0.15) is 27.3 Å². The van der Waals surface area contributed by atoms with Crippen LogP contribution in [0.5, 0.6) is 0 Å². The second kappa shape index (κ2) is 7.13. The Hall–Kier alpha value is -1.86. The Kier molecular flexibility index (Phi) is 5.76. The molecule has 0 aliphatic carbocycles. The minimum atomic E-state index is -5.76. The highest BCUT2D eigenvalue weighted by Crippen LogP contribution is 2.47. The molecule has 4 nitrogen and oxygen atoms in total. The molecule has 16 heteroatoms. The summed E-state index contributed by atoms with van der Waals surface area (Å²) in [6.45, 7) is 0. The van der Waals surface area contributed by atoms with Gasteiger partial charge in [-0.05, 0) is 6.07 Å². The summed E-state index contributed by atoms with van der Waals surface area (Å²) < 4.78 is 117. The van der Waals surface area contributed by atoms with Crippen molar-refractivity contribution in [2.24, 2.45) is 0 Å². The summed E-state index contributed by atoms with van der Waals surface area (Å²) in [6, 6.07) is 0.0145. The van der Waals surface area contributed by atoms with Gasteiger partial charge in [0.2, 0.25) is 0 Å². The second-order valence-electron chi connectivity index (χ2n) is 5.16. The van der Waals surface area contributed by atoms with Crippen LogP contribution in [0.2, 0.25) is 15.1 Å². The summed E-state index contributed by atoms with van der Waals surface area (Å²) in [5.41, 5.74) is -10.3. The predicted molar refractivity (Wildman–Crippen MR) is 80.6 cm³/mol. The molecule has 0 saturated heterocycles. The van der Waals surface area contributed by atoms with Crippen molar-refractivity contribution in [1.82, 2.24) is 9.78 Å². The summed E-state index contributed by atoms with van der Waals surface area (Å²) in [4.78, 5) is 11.1. The van der Waals surface area contributed by atoms with Gasteiger partial charge in [-0.1, -0.05) is 34.8 Å². The number of halogens is 12. The van der Waals surface area contributed by atoms with Crippen LogP contribution < -0.4 is 0 Å². The fourth-order valence-corrected chi connectivity index (χ4v) is 3.10. The van der Waals surface area contributed by atoms with Crippen LogP contribution in [0, 0.1) is 0 Å².